The molecule has 2 aromatic carbocycles. The number of carbonyl (C=O) groups is 1. The molecule has 1 aromatic heterocycles. The fraction of sp³-hybridized carbons (Fsp3) is 0.348. The van der Waals surface area contributed by atoms with Crippen LogP contribution in [0.15, 0.2) is 48.7 Å². The first-order chi connectivity index (χ1) is 14.2. The van der Waals surface area contributed by atoms with Crippen LogP contribution in [0, 0.1) is 11.7 Å². The van der Waals surface area contributed by atoms with Crippen LogP contribution in [-0.2, 0) is 6.42 Å². The second-order valence-electron chi connectivity index (χ2n) is 8.13. The summed E-state index contributed by atoms with van der Waals surface area (Å²) in [6.07, 6.45) is 4.75. The van der Waals surface area contributed by atoms with Gasteiger partial charge in [0.15, 0.2) is 0 Å². The van der Waals surface area contributed by atoms with Gasteiger partial charge in [-0.3, -0.25) is 4.79 Å². The quantitative estimate of drug-likeness (QED) is 0.702. The minimum atomic E-state index is -0.470. The van der Waals surface area contributed by atoms with Gasteiger partial charge in [-0.1, -0.05) is 30.3 Å². The fourth-order valence-corrected chi connectivity index (χ4v) is 3.91. The van der Waals surface area contributed by atoms with Gasteiger partial charge in [-0.25, -0.2) is 4.39 Å². The van der Waals surface area contributed by atoms with Crippen molar-refractivity contribution in [2.24, 2.45) is 5.92 Å². The molecule has 1 amide bonds. The van der Waals surface area contributed by atoms with Gasteiger partial charge in [0.25, 0.3) is 5.91 Å². The summed E-state index contributed by atoms with van der Waals surface area (Å²) < 4.78 is 14.4. The van der Waals surface area contributed by atoms with E-state index in [0.717, 1.165) is 28.6 Å². The maximum Gasteiger partial charge on any atom is 0.256 e. The minimum Gasteiger partial charge on any atom is -0.338 e. The van der Waals surface area contributed by atoms with Crippen LogP contribution in [-0.4, -0.2) is 46.7 Å². The number of benzene rings is 2. The summed E-state index contributed by atoms with van der Waals surface area (Å²) in [5.74, 6) is -0.227. The van der Waals surface area contributed by atoms with Crippen molar-refractivity contribution in [1.29, 1.82) is 0 Å². The number of fused-ring (bicyclic) bond motifs is 1. The van der Waals surface area contributed by atoms with Crippen molar-refractivity contribution in [1.82, 2.24) is 20.4 Å². The van der Waals surface area contributed by atoms with Crippen LogP contribution in [0.2, 0.25) is 0 Å². The Balaban J connectivity index is 1.30. The highest BCUT2D eigenvalue weighted by Gasteiger charge is 2.33. The van der Waals surface area contributed by atoms with Gasteiger partial charge in [-0.15, -0.1) is 0 Å². The first-order valence-electron chi connectivity index (χ1n) is 10.2. The number of rotatable bonds is 6. The Labute approximate surface area is 168 Å². The lowest BCUT2D eigenvalue weighted by Crippen LogP contribution is -2.53. The predicted octanol–water partition coefficient (Wildman–Crippen LogP) is 3.18. The van der Waals surface area contributed by atoms with Crippen LogP contribution in [0.4, 0.5) is 4.39 Å². The summed E-state index contributed by atoms with van der Waals surface area (Å²) in [7, 11) is 0. The van der Waals surface area contributed by atoms with Gasteiger partial charge in [-0.05, 0) is 30.5 Å². The van der Waals surface area contributed by atoms with E-state index in [-0.39, 0.29) is 11.5 Å². The summed E-state index contributed by atoms with van der Waals surface area (Å²) in [5.41, 5.74) is 1.82. The summed E-state index contributed by atoms with van der Waals surface area (Å²) in [6.45, 7) is 2.32. The third kappa shape index (κ3) is 3.85. The normalized spacial score (nSPS) is 16.8. The van der Waals surface area contributed by atoms with Crippen LogP contribution in [0.5, 0.6) is 0 Å². The van der Waals surface area contributed by atoms with Gasteiger partial charge in [0.2, 0.25) is 0 Å². The molecule has 148 valence electrons. The number of halogens is 1. The lowest BCUT2D eigenvalue weighted by atomic mass is 9.97. The van der Waals surface area contributed by atoms with E-state index in [1.165, 1.54) is 18.9 Å². The predicted molar refractivity (Wildman–Crippen MR) is 109 cm³/mol. The fourth-order valence-electron chi connectivity index (χ4n) is 3.91. The van der Waals surface area contributed by atoms with Gasteiger partial charge in [0, 0.05) is 48.8 Å². The van der Waals surface area contributed by atoms with Crippen LogP contribution in [0.25, 0.3) is 10.8 Å². The molecule has 1 aliphatic carbocycles. The van der Waals surface area contributed by atoms with E-state index in [9.17, 15) is 9.18 Å². The van der Waals surface area contributed by atoms with E-state index in [4.69, 9.17) is 0 Å². The van der Waals surface area contributed by atoms with Crippen molar-refractivity contribution in [2.45, 2.75) is 25.3 Å². The van der Waals surface area contributed by atoms with Crippen LogP contribution in [0.1, 0.15) is 34.5 Å². The number of amides is 1. The SMILES string of the molecule is O=C(c1cc(Cc2nncc3ccccc23)ccc1F)N1CC(CNC2CC2)C1. The average Bonchev–Trinajstić information content (AvgIpc) is 3.53. The van der Waals surface area contributed by atoms with Crippen molar-refractivity contribution in [2.75, 3.05) is 19.6 Å². The largest absolute Gasteiger partial charge is 0.338 e. The Bertz CT molecular complexity index is 1050. The van der Waals surface area contributed by atoms with E-state index in [2.05, 4.69) is 15.5 Å². The Kier molecular flexibility index (Phi) is 4.72. The molecule has 1 N–H and O–H groups in total. The van der Waals surface area contributed by atoms with Crippen molar-refractivity contribution >= 4 is 16.7 Å². The molecule has 1 saturated heterocycles. The monoisotopic (exact) mass is 390 g/mol. The maximum atomic E-state index is 14.4. The molecule has 5 rings (SSSR count). The maximum absolute atomic E-state index is 14.4. The minimum absolute atomic E-state index is 0.143. The first kappa shape index (κ1) is 18.2. The van der Waals surface area contributed by atoms with Gasteiger partial charge in [-0.2, -0.15) is 10.2 Å². The summed E-state index contributed by atoms with van der Waals surface area (Å²) in [4.78, 5) is 14.5. The molecule has 2 heterocycles. The number of nitrogens with one attached hydrogen (secondary N) is 1. The molecule has 0 bridgehead atoms. The summed E-state index contributed by atoms with van der Waals surface area (Å²) in [5, 5.41) is 13.9. The van der Waals surface area contributed by atoms with Gasteiger partial charge < -0.3 is 10.2 Å². The average molecular weight is 390 g/mol. The molecular formula is C23H23FN4O. The molecule has 2 fully saturated rings. The third-order valence-corrected chi connectivity index (χ3v) is 5.80. The lowest BCUT2D eigenvalue weighted by molar-refractivity contribution is 0.0495. The van der Waals surface area contributed by atoms with E-state index >= 15 is 0 Å². The molecule has 3 aromatic rings. The molecule has 0 radical (unpaired) electrons. The molecule has 6 heteroatoms. The zero-order chi connectivity index (χ0) is 19.8. The molecule has 1 aliphatic heterocycles. The summed E-state index contributed by atoms with van der Waals surface area (Å²) >= 11 is 0. The van der Waals surface area contributed by atoms with E-state index in [1.807, 2.05) is 24.3 Å². The number of carbonyl (C=O) groups excluding carboxylic acids is 1. The Morgan fingerprint density at radius 3 is 2.83 bits per heavy atom. The second-order valence-corrected chi connectivity index (χ2v) is 8.13. The highest BCUT2D eigenvalue weighted by Crippen LogP contribution is 2.24. The Hall–Kier alpha value is -2.86. The number of nitrogens with zero attached hydrogens (tertiary/aromatic N) is 3. The first-order valence-corrected chi connectivity index (χ1v) is 10.2. The topological polar surface area (TPSA) is 58.1 Å². The van der Waals surface area contributed by atoms with Crippen molar-refractivity contribution < 1.29 is 9.18 Å². The number of hydrogen-bond donors (Lipinski definition) is 1. The van der Waals surface area contributed by atoms with Crippen LogP contribution in [0.3, 0.4) is 0 Å². The van der Waals surface area contributed by atoms with Crippen molar-refractivity contribution in [3.05, 3.63) is 71.3 Å². The Morgan fingerprint density at radius 1 is 1.17 bits per heavy atom. The highest BCUT2D eigenvalue weighted by molar-refractivity contribution is 5.95. The van der Waals surface area contributed by atoms with Gasteiger partial charge in [0.05, 0.1) is 17.5 Å². The van der Waals surface area contributed by atoms with Crippen molar-refractivity contribution in [3.63, 3.8) is 0 Å². The Morgan fingerprint density at radius 2 is 2.00 bits per heavy atom. The molecule has 2 aliphatic rings. The van der Waals surface area contributed by atoms with Crippen molar-refractivity contribution in [3.8, 4) is 0 Å². The van der Waals surface area contributed by atoms with Crippen LogP contribution < -0.4 is 5.32 Å². The lowest BCUT2D eigenvalue weighted by Gasteiger charge is -2.39. The molecule has 5 nitrogen and oxygen atoms in total. The van der Waals surface area contributed by atoms with E-state index < -0.39 is 5.82 Å². The standard InChI is InChI=1S/C23H23FN4O/c24-21-8-5-15(10-22-19-4-2-1-3-17(19)12-26-27-22)9-20(21)23(29)28-13-16(14-28)11-25-18-6-7-18/h1-5,8-9,12,16,18,25H,6-7,10-11,13-14H2. The van der Waals surface area contributed by atoms with Crippen LogP contribution >= 0.6 is 0 Å². The zero-order valence-electron chi connectivity index (χ0n) is 16.1. The molecular weight excluding hydrogens is 367 g/mol. The van der Waals surface area contributed by atoms with Gasteiger partial charge >= 0.3 is 0 Å². The van der Waals surface area contributed by atoms with Gasteiger partial charge in [0.1, 0.15) is 5.82 Å². The highest BCUT2D eigenvalue weighted by atomic mass is 19.1. The molecule has 1 saturated carbocycles. The zero-order valence-corrected chi connectivity index (χ0v) is 16.1. The number of likely N-dealkylation sites (tertiary alicyclic amines) is 1. The third-order valence-electron chi connectivity index (χ3n) is 5.80. The molecule has 29 heavy (non-hydrogen) atoms. The molecule has 0 unspecified atom stereocenters. The second kappa shape index (κ2) is 7.52. The van der Waals surface area contributed by atoms with E-state index in [0.29, 0.717) is 31.5 Å². The summed E-state index contributed by atoms with van der Waals surface area (Å²) in [6, 6.07) is 13.4. The number of hydrogen-bond acceptors (Lipinski definition) is 4. The molecule has 0 spiro atoms. The smallest absolute Gasteiger partial charge is 0.256 e. The molecule has 0 atom stereocenters. The van der Waals surface area contributed by atoms with E-state index in [1.54, 1.807) is 23.2 Å². The number of aromatic nitrogens is 2.